The number of phenols is 2. The third-order valence-electron chi connectivity index (χ3n) is 6.98. The molecule has 5 nitrogen and oxygen atoms in total. The molecule has 5 heteroatoms. The Kier molecular flexibility index (Phi) is 3.29. The summed E-state index contributed by atoms with van der Waals surface area (Å²) < 4.78 is 5.43. The summed E-state index contributed by atoms with van der Waals surface area (Å²) in [5.41, 5.74) is 0.630. The minimum atomic E-state index is -0.695. The van der Waals surface area contributed by atoms with Crippen LogP contribution in [0.3, 0.4) is 0 Å². The van der Waals surface area contributed by atoms with Gasteiger partial charge < -0.3 is 20.1 Å². The van der Waals surface area contributed by atoms with Crippen LogP contribution in [0.15, 0.2) is 11.3 Å². The van der Waals surface area contributed by atoms with Gasteiger partial charge in [-0.2, -0.15) is 0 Å². The van der Waals surface area contributed by atoms with Gasteiger partial charge in [0.05, 0.1) is 12.7 Å². The van der Waals surface area contributed by atoms with Crippen molar-refractivity contribution in [1.29, 1.82) is 0 Å². The number of aromatic hydroxyl groups is 2. The first-order valence-corrected chi connectivity index (χ1v) is 9.24. The quantitative estimate of drug-likeness (QED) is 0.686. The molecule has 1 aromatic carbocycles. The van der Waals surface area contributed by atoms with Gasteiger partial charge in [-0.25, -0.2) is 0 Å². The van der Waals surface area contributed by atoms with E-state index in [9.17, 15) is 20.1 Å². The highest BCUT2D eigenvalue weighted by atomic mass is 16.5. The number of carbonyl (C=O) groups is 1. The van der Waals surface area contributed by atoms with Crippen LogP contribution < -0.4 is 4.74 Å². The number of aliphatic hydroxyl groups excluding tert-OH is 1. The first-order chi connectivity index (χ1) is 12.1. The number of aliphatic hydroxyl groups is 1. The number of rotatable bonds is 2. The van der Waals surface area contributed by atoms with Gasteiger partial charge in [0.1, 0.15) is 5.75 Å². The smallest absolute Gasteiger partial charge is 0.231 e. The second-order valence-electron chi connectivity index (χ2n) is 8.79. The molecule has 4 rings (SSSR count). The summed E-state index contributed by atoms with van der Waals surface area (Å²) in [5.74, 6) is -0.607. The van der Waals surface area contributed by atoms with Crippen LogP contribution in [0.2, 0.25) is 0 Å². The van der Waals surface area contributed by atoms with Crippen LogP contribution in [0.25, 0.3) is 0 Å². The molecule has 2 saturated carbocycles. The summed E-state index contributed by atoms with van der Waals surface area (Å²) in [5, 5.41) is 32.8. The van der Waals surface area contributed by atoms with E-state index in [1.807, 2.05) is 20.8 Å². The topological polar surface area (TPSA) is 87.0 Å². The van der Waals surface area contributed by atoms with Crippen LogP contribution in [0.5, 0.6) is 17.2 Å². The fourth-order valence-electron chi connectivity index (χ4n) is 5.63. The Morgan fingerprint density at radius 2 is 1.81 bits per heavy atom. The summed E-state index contributed by atoms with van der Waals surface area (Å²) in [4.78, 5) is 13.0. The molecule has 140 valence electrons. The summed E-state index contributed by atoms with van der Waals surface area (Å²) in [6.45, 7) is 7.75. The maximum absolute atomic E-state index is 13.0. The number of Topliss-reactive ketones (excluding diaryl/α,β-unsaturated/α-hetero) is 1. The highest BCUT2D eigenvalue weighted by molar-refractivity contribution is 6.13. The minimum absolute atomic E-state index is 0.0263. The summed E-state index contributed by atoms with van der Waals surface area (Å²) in [7, 11) is 1.45. The molecule has 0 radical (unpaired) electrons. The van der Waals surface area contributed by atoms with Crippen molar-refractivity contribution in [2.75, 3.05) is 7.11 Å². The summed E-state index contributed by atoms with van der Waals surface area (Å²) in [6.07, 6.45) is 2.62. The molecule has 0 bridgehead atoms. The molecule has 0 saturated heterocycles. The Morgan fingerprint density at radius 1 is 1.15 bits per heavy atom. The molecular formula is C21H26O5. The molecule has 0 aliphatic heterocycles. The Morgan fingerprint density at radius 3 is 2.38 bits per heavy atom. The molecule has 3 N–H and O–H groups in total. The van der Waals surface area contributed by atoms with Gasteiger partial charge >= 0.3 is 0 Å². The highest BCUT2D eigenvalue weighted by Gasteiger charge is 2.64. The number of ketones is 1. The van der Waals surface area contributed by atoms with Gasteiger partial charge in [-0.15, -0.1) is 0 Å². The Hall–Kier alpha value is -2.17. The van der Waals surface area contributed by atoms with Crippen molar-refractivity contribution in [3.63, 3.8) is 0 Å². The SMILES string of the molecule is COc1c(O)c2c(c(O)c1C(C)C)C(=O)C(O)=C1[C@]2(C)CC[C@H]2C[C@@]12C. The molecule has 0 heterocycles. The Bertz CT molecular complexity index is 881. The monoisotopic (exact) mass is 358 g/mol. The van der Waals surface area contributed by atoms with E-state index in [0.29, 0.717) is 29.0 Å². The normalized spacial score (nSPS) is 32.2. The van der Waals surface area contributed by atoms with E-state index in [2.05, 4.69) is 6.92 Å². The van der Waals surface area contributed by atoms with Gasteiger partial charge in [0.2, 0.25) is 5.78 Å². The van der Waals surface area contributed by atoms with Crippen molar-refractivity contribution in [3.8, 4) is 17.2 Å². The van der Waals surface area contributed by atoms with Crippen LogP contribution in [0.1, 0.15) is 74.4 Å². The molecular weight excluding hydrogens is 332 g/mol. The third-order valence-corrected chi connectivity index (χ3v) is 6.98. The van der Waals surface area contributed by atoms with E-state index in [-0.39, 0.29) is 39.9 Å². The van der Waals surface area contributed by atoms with Crippen molar-refractivity contribution in [3.05, 3.63) is 28.0 Å². The van der Waals surface area contributed by atoms with E-state index < -0.39 is 11.2 Å². The van der Waals surface area contributed by atoms with Crippen molar-refractivity contribution in [2.45, 2.75) is 58.3 Å². The lowest BCUT2D eigenvalue weighted by atomic mass is 9.58. The van der Waals surface area contributed by atoms with E-state index in [0.717, 1.165) is 12.8 Å². The number of allylic oxidation sites excluding steroid dienone is 2. The standard InChI is InChI=1S/C21H26O5/c1-9(2)11-14(22)12-13(16(24)18(11)26-5)20(3)7-6-10-8-21(10,4)19(20)17(25)15(12)23/h9-10,22,24-25H,6-8H2,1-5H3/t10-,20+,21+/m0/s1. The molecule has 0 unspecified atom stereocenters. The third kappa shape index (κ3) is 1.79. The molecule has 1 aromatic rings. The Balaban J connectivity index is 2.11. The highest BCUT2D eigenvalue weighted by Crippen LogP contribution is 2.71. The number of benzene rings is 1. The first kappa shape index (κ1) is 17.3. The van der Waals surface area contributed by atoms with Crippen molar-refractivity contribution >= 4 is 5.78 Å². The lowest BCUT2D eigenvalue weighted by Gasteiger charge is -2.45. The zero-order valence-electron chi connectivity index (χ0n) is 15.9. The van der Waals surface area contributed by atoms with E-state index in [1.54, 1.807) is 0 Å². The zero-order valence-corrected chi connectivity index (χ0v) is 15.9. The largest absolute Gasteiger partial charge is 0.507 e. The molecule has 0 spiro atoms. The van der Waals surface area contributed by atoms with Crippen molar-refractivity contribution in [1.82, 2.24) is 0 Å². The molecule has 2 fully saturated rings. The van der Waals surface area contributed by atoms with Gasteiger partial charge in [-0.05, 0) is 42.1 Å². The number of hydrogen-bond acceptors (Lipinski definition) is 5. The minimum Gasteiger partial charge on any atom is -0.507 e. The fraction of sp³-hybridized carbons (Fsp3) is 0.571. The first-order valence-electron chi connectivity index (χ1n) is 9.24. The van der Waals surface area contributed by atoms with Crippen molar-refractivity contribution in [2.24, 2.45) is 11.3 Å². The van der Waals surface area contributed by atoms with E-state index in [4.69, 9.17) is 4.74 Å². The average Bonchev–Trinajstić information content (AvgIpc) is 3.24. The summed E-state index contributed by atoms with van der Waals surface area (Å²) >= 11 is 0. The number of fused-ring (bicyclic) bond motifs is 5. The van der Waals surface area contributed by atoms with Gasteiger partial charge in [-0.1, -0.05) is 27.7 Å². The molecule has 0 amide bonds. The average molecular weight is 358 g/mol. The number of hydrogen-bond donors (Lipinski definition) is 3. The molecule has 3 atom stereocenters. The van der Waals surface area contributed by atoms with Gasteiger partial charge in [0, 0.05) is 16.5 Å². The number of methoxy groups -OCH3 is 1. The molecule has 26 heavy (non-hydrogen) atoms. The second kappa shape index (κ2) is 4.96. The van der Waals surface area contributed by atoms with Gasteiger partial charge in [-0.3, -0.25) is 4.79 Å². The molecule has 0 aromatic heterocycles. The second-order valence-corrected chi connectivity index (χ2v) is 8.79. The van der Waals surface area contributed by atoms with Crippen LogP contribution in [-0.2, 0) is 5.41 Å². The fourth-order valence-corrected chi connectivity index (χ4v) is 5.63. The maximum atomic E-state index is 13.0. The number of phenolic OH excluding ortho intramolecular Hbond substituents is 2. The maximum Gasteiger partial charge on any atom is 0.231 e. The van der Waals surface area contributed by atoms with Crippen LogP contribution in [0, 0.1) is 11.3 Å². The predicted molar refractivity (Wildman–Crippen MR) is 97.2 cm³/mol. The predicted octanol–water partition coefficient (Wildman–Crippen LogP) is 4.32. The Labute approximate surface area is 153 Å². The summed E-state index contributed by atoms with van der Waals surface area (Å²) in [6, 6.07) is 0. The van der Waals surface area contributed by atoms with Crippen molar-refractivity contribution < 1.29 is 24.9 Å². The van der Waals surface area contributed by atoms with Crippen LogP contribution in [0.4, 0.5) is 0 Å². The number of ether oxygens (including phenoxy) is 1. The lowest BCUT2D eigenvalue weighted by molar-refractivity contribution is 0.0946. The molecule has 3 aliphatic rings. The molecule has 3 aliphatic carbocycles. The lowest BCUT2D eigenvalue weighted by Crippen LogP contribution is -2.40. The number of carbonyl (C=O) groups excluding carboxylic acids is 1. The van der Waals surface area contributed by atoms with E-state index in [1.165, 1.54) is 7.11 Å². The zero-order chi connectivity index (χ0) is 19.2. The van der Waals surface area contributed by atoms with Crippen LogP contribution >= 0.6 is 0 Å². The van der Waals surface area contributed by atoms with Gasteiger partial charge in [0.25, 0.3) is 0 Å². The van der Waals surface area contributed by atoms with Gasteiger partial charge in [0.15, 0.2) is 17.3 Å². The van der Waals surface area contributed by atoms with E-state index >= 15 is 0 Å². The van der Waals surface area contributed by atoms with Crippen LogP contribution in [-0.4, -0.2) is 28.2 Å².